The lowest BCUT2D eigenvalue weighted by Gasteiger charge is -2.41. The average molecular weight is 327 g/mol. The molecule has 1 aliphatic heterocycles. The van der Waals surface area contributed by atoms with Crippen LogP contribution < -0.4 is 5.32 Å². The molecule has 1 aliphatic rings. The number of hydrogen-bond donors (Lipinski definition) is 2. The van der Waals surface area contributed by atoms with E-state index in [9.17, 15) is 4.79 Å². The van der Waals surface area contributed by atoms with Crippen LogP contribution in [0.1, 0.15) is 18.9 Å². The molecule has 0 bridgehead atoms. The maximum atomic E-state index is 12.4. The van der Waals surface area contributed by atoms with Crippen LogP contribution >= 0.6 is 0 Å². The number of H-pyrrole nitrogens is 1. The number of carbonyl (C=O) groups excluding carboxylic acids is 1. The third-order valence-corrected chi connectivity index (χ3v) is 4.76. The molecule has 2 atom stereocenters. The lowest BCUT2D eigenvalue weighted by Crippen LogP contribution is -2.51. The second kappa shape index (κ2) is 7.49. The number of nitrogens with one attached hydrogen (secondary N) is 2. The van der Waals surface area contributed by atoms with E-state index < -0.39 is 0 Å². The molecule has 1 saturated heterocycles. The highest BCUT2D eigenvalue weighted by Crippen LogP contribution is 2.23. The van der Waals surface area contributed by atoms with Gasteiger partial charge in [0.25, 0.3) is 0 Å². The van der Waals surface area contributed by atoms with Crippen LogP contribution in [0.5, 0.6) is 0 Å². The van der Waals surface area contributed by atoms with Gasteiger partial charge in [0, 0.05) is 38.9 Å². The van der Waals surface area contributed by atoms with Gasteiger partial charge >= 0.3 is 6.03 Å². The van der Waals surface area contributed by atoms with Crippen molar-refractivity contribution in [1.29, 1.82) is 0 Å². The van der Waals surface area contributed by atoms with Crippen LogP contribution in [0.15, 0.2) is 42.7 Å². The maximum Gasteiger partial charge on any atom is 0.321 e. The summed E-state index contributed by atoms with van der Waals surface area (Å²) in [6.45, 7) is 5.21. The van der Waals surface area contributed by atoms with Gasteiger partial charge < -0.3 is 10.2 Å². The molecule has 2 N–H and O–H groups in total. The van der Waals surface area contributed by atoms with Crippen molar-refractivity contribution in [3.05, 3.63) is 48.3 Å². The van der Waals surface area contributed by atoms with Gasteiger partial charge in [-0.05, 0) is 17.9 Å². The summed E-state index contributed by atoms with van der Waals surface area (Å²) >= 11 is 0. The van der Waals surface area contributed by atoms with Crippen molar-refractivity contribution in [2.45, 2.75) is 25.9 Å². The van der Waals surface area contributed by atoms with E-state index in [-0.39, 0.29) is 12.1 Å². The molecule has 6 heteroatoms. The highest BCUT2D eigenvalue weighted by Gasteiger charge is 2.31. The Balaban J connectivity index is 1.54. The zero-order valence-corrected chi connectivity index (χ0v) is 14.3. The van der Waals surface area contributed by atoms with E-state index in [1.54, 1.807) is 12.4 Å². The van der Waals surface area contributed by atoms with Crippen LogP contribution in [0.25, 0.3) is 0 Å². The molecule has 6 nitrogen and oxygen atoms in total. The normalized spacial score (nSPS) is 21.4. The summed E-state index contributed by atoms with van der Waals surface area (Å²) in [7, 11) is 1.88. The molecule has 1 aromatic heterocycles. The van der Waals surface area contributed by atoms with Crippen molar-refractivity contribution in [2.75, 3.05) is 25.5 Å². The summed E-state index contributed by atoms with van der Waals surface area (Å²) < 4.78 is 0. The van der Waals surface area contributed by atoms with E-state index >= 15 is 0 Å². The molecule has 3 rings (SSSR count). The average Bonchev–Trinajstić information content (AvgIpc) is 3.08. The topological polar surface area (TPSA) is 64.3 Å². The van der Waals surface area contributed by atoms with E-state index in [4.69, 9.17) is 0 Å². The summed E-state index contributed by atoms with van der Waals surface area (Å²) in [6.07, 6.45) is 4.28. The van der Waals surface area contributed by atoms with Gasteiger partial charge in [-0.2, -0.15) is 5.10 Å². The number of hydrogen-bond acceptors (Lipinski definition) is 3. The Hall–Kier alpha value is -2.34. The zero-order chi connectivity index (χ0) is 16.9. The summed E-state index contributed by atoms with van der Waals surface area (Å²) in [4.78, 5) is 16.7. The van der Waals surface area contributed by atoms with Crippen molar-refractivity contribution in [3.8, 4) is 0 Å². The highest BCUT2D eigenvalue weighted by molar-refractivity contribution is 5.89. The van der Waals surface area contributed by atoms with E-state index in [0.717, 1.165) is 26.1 Å². The quantitative estimate of drug-likeness (QED) is 0.907. The van der Waals surface area contributed by atoms with Crippen LogP contribution in [-0.4, -0.2) is 52.2 Å². The van der Waals surface area contributed by atoms with Crippen molar-refractivity contribution in [2.24, 2.45) is 5.92 Å². The molecule has 24 heavy (non-hydrogen) atoms. The third-order valence-electron chi connectivity index (χ3n) is 4.76. The number of aromatic amines is 1. The highest BCUT2D eigenvalue weighted by atomic mass is 16.2. The number of piperidine rings is 1. The van der Waals surface area contributed by atoms with Gasteiger partial charge in [0.05, 0.1) is 11.9 Å². The fourth-order valence-electron chi connectivity index (χ4n) is 3.46. The number of urea groups is 1. The molecular formula is C18H25N5O. The molecule has 0 aliphatic carbocycles. The van der Waals surface area contributed by atoms with Crippen LogP contribution in [0.3, 0.4) is 0 Å². The summed E-state index contributed by atoms with van der Waals surface area (Å²) in [5.41, 5.74) is 2.04. The minimum atomic E-state index is -0.0789. The molecule has 0 saturated carbocycles. The number of aromatic nitrogens is 2. The van der Waals surface area contributed by atoms with E-state index in [0.29, 0.717) is 11.6 Å². The number of carbonyl (C=O) groups is 1. The predicted octanol–water partition coefficient (Wildman–Crippen LogP) is 2.78. The molecule has 0 unspecified atom stereocenters. The standard InChI is InChI=1S/C18H25N5O/c1-14-12-23(13-15-6-4-3-5-7-15)9-8-17(14)22(2)18(24)21-16-10-19-20-11-16/h3-7,10-11,14,17H,8-9,12-13H2,1-2H3,(H,19,20)(H,21,24)/t14-,17-/m0/s1. The molecule has 2 amide bonds. The Bertz CT molecular complexity index is 643. The minimum absolute atomic E-state index is 0.0789. The molecule has 1 fully saturated rings. The molecule has 2 heterocycles. The first-order valence-corrected chi connectivity index (χ1v) is 8.42. The summed E-state index contributed by atoms with van der Waals surface area (Å²) in [5.74, 6) is 0.433. The Morgan fingerprint density at radius 1 is 1.42 bits per heavy atom. The zero-order valence-electron chi connectivity index (χ0n) is 14.3. The molecule has 1 aromatic carbocycles. The smallest absolute Gasteiger partial charge is 0.321 e. The van der Waals surface area contributed by atoms with Crippen LogP contribution in [0.2, 0.25) is 0 Å². The SMILES string of the molecule is C[C@H]1CN(Cc2ccccc2)CC[C@@H]1N(C)C(=O)Nc1cn[nH]c1. The molecule has 0 spiro atoms. The van der Waals surface area contributed by atoms with Gasteiger partial charge in [-0.25, -0.2) is 4.79 Å². The largest absolute Gasteiger partial charge is 0.324 e. The molecule has 0 radical (unpaired) electrons. The van der Waals surface area contributed by atoms with Crippen molar-refractivity contribution >= 4 is 11.7 Å². The number of anilines is 1. The second-order valence-electron chi connectivity index (χ2n) is 6.58. The lowest BCUT2D eigenvalue weighted by molar-refractivity contribution is 0.0933. The van der Waals surface area contributed by atoms with Gasteiger partial charge in [-0.15, -0.1) is 0 Å². The van der Waals surface area contributed by atoms with E-state index in [1.165, 1.54) is 5.56 Å². The van der Waals surface area contributed by atoms with E-state index in [2.05, 4.69) is 51.6 Å². The Labute approximate surface area is 142 Å². The Morgan fingerprint density at radius 2 is 2.21 bits per heavy atom. The second-order valence-corrected chi connectivity index (χ2v) is 6.58. The minimum Gasteiger partial charge on any atom is -0.324 e. The van der Waals surface area contributed by atoms with Gasteiger partial charge in [0.1, 0.15) is 0 Å². The first-order chi connectivity index (χ1) is 11.6. The fourth-order valence-corrected chi connectivity index (χ4v) is 3.46. The van der Waals surface area contributed by atoms with Gasteiger partial charge in [0.2, 0.25) is 0 Å². The van der Waals surface area contributed by atoms with Crippen molar-refractivity contribution in [3.63, 3.8) is 0 Å². The number of amides is 2. The number of nitrogens with zero attached hydrogens (tertiary/aromatic N) is 3. The number of likely N-dealkylation sites (tertiary alicyclic amines) is 1. The Morgan fingerprint density at radius 3 is 2.88 bits per heavy atom. The monoisotopic (exact) mass is 327 g/mol. The predicted molar refractivity (Wildman–Crippen MR) is 94.7 cm³/mol. The van der Waals surface area contributed by atoms with Crippen LogP contribution in [0.4, 0.5) is 10.5 Å². The van der Waals surface area contributed by atoms with Gasteiger partial charge in [-0.3, -0.25) is 10.00 Å². The number of benzene rings is 1. The number of rotatable bonds is 4. The summed E-state index contributed by atoms with van der Waals surface area (Å²) in [5, 5.41) is 9.42. The Kier molecular flexibility index (Phi) is 5.15. The molecular weight excluding hydrogens is 302 g/mol. The lowest BCUT2D eigenvalue weighted by atomic mass is 9.92. The molecule has 2 aromatic rings. The van der Waals surface area contributed by atoms with Crippen LogP contribution in [0, 0.1) is 5.92 Å². The first kappa shape index (κ1) is 16.5. The van der Waals surface area contributed by atoms with Crippen LogP contribution in [-0.2, 0) is 6.54 Å². The molecule has 128 valence electrons. The van der Waals surface area contributed by atoms with Crippen molar-refractivity contribution in [1.82, 2.24) is 20.0 Å². The maximum absolute atomic E-state index is 12.4. The third kappa shape index (κ3) is 3.94. The van der Waals surface area contributed by atoms with Gasteiger partial charge in [-0.1, -0.05) is 37.3 Å². The first-order valence-electron chi connectivity index (χ1n) is 8.42. The fraction of sp³-hybridized carbons (Fsp3) is 0.444. The van der Waals surface area contributed by atoms with E-state index in [1.807, 2.05) is 18.0 Å². The van der Waals surface area contributed by atoms with Crippen molar-refractivity contribution < 1.29 is 4.79 Å². The van der Waals surface area contributed by atoms with Gasteiger partial charge in [0.15, 0.2) is 0 Å². The summed E-state index contributed by atoms with van der Waals surface area (Å²) in [6, 6.07) is 10.7.